The highest BCUT2D eigenvalue weighted by molar-refractivity contribution is 5.67. The third-order valence-electron chi connectivity index (χ3n) is 6.91. The van der Waals surface area contributed by atoms with Crippen LogP contribution in [0.4, 0.5) is 13.2 Å². The van der Waals surface area contributed by atoms with Crippen molar-refractivity contribution in [2.24, 2.45) is 0 Å². The molecule has 1 aromatic carbocycles. The Morgan fingerprint density at radius 2 is 1.93 bits per heavy atom. The number of halogens is 3. The minimum absolute atomic E-state index is 0.00563. The number of aromatic amines is 1. The second kappa shape index (κ2) is 9.44. The van der Waals surface area contributed by atoms with E-state index in [1.807, 2.05) is 0 Å². The maximum atomic E-state index is 13.2. The summed E-state index contributed by atoms with van der Waals surface area (Å²) in [7, 11) is 1.44. The van der Waals surface area contributed by atoms with E-state index in [4.69, 9.17) is 19.2 Å². The van der Waals surface area contributed by atoms with Crippen LogP contribution in [0, 0.1) is 0 Å². The summed E-state index contributed by atoms with van der Waals surface area (Å²) < 4.78 is 57.3. The van der Waals surface area contributed by atoms with Gasteiger partial charge in [0.15, 0.2) is 11.6 Å². The van der Waals surface area contributed by atoms with Crippen LogP contribution in [0.5, 0.6) is 17.4 Å². The van der Waals surface area contributed by atoms with E-state index >= 15 is 0 Å². The Balaban J connectivity index is 1.52. The van der Waals surface area contributed by atoms with Crippen molar-refractivity contribution in [3.63, 3.8) is 0 Å². The summed E-state index contributed by atoms with van der Waals surface area (Å²) in [5.74, 6) is 1.21. The summed E-state index contributed by atoms with van der Waals surface area (Å²) in [5, 5.41) is 12.0. The quantitative estimate of drug-likeness (QED) is 0.372. The highest BCUT2D eigenvalue weighted by Crippen LogP contribution is 2.46. The SMILES string of the molecule is COc1cnc2nc1C(C)(O)c1ccc(-c3ncc(C(F)(F)F)[nH]3)cc1OC[C@H](C)Oc1ncnc(C3CC3)c1-2. The highest BCUT2D eigenvalue weighted by Gasteiger charge is 2.38. The van der Waals surface area contributed by atoms with E-state index in [9.17, 15) is 18.3 Å². The van der Waals surface area contributed by atoms with E-state index in [1.165, 1.54) is 32.6 Å². The summed E-state index contributed by atoms with van der Waals surface area (Å²) in [4.78, 5) is 24.3. The predicted molar refractivity (Wildman–Crippen MR) is 135 cm³/mol. The van der Waals surface area contributed by atoms with Crippen molar-refractivity contribution in [3.8, 4) is 40.2 Å². The number of nitrogens with zero attached hydrogens (tertiary/aromatic N) is 5. The third-order valence-corrected chi connectivity index (χ3v) is 6.91. The third kappa shape index (κ3) is 4.59. The minimum Gasteiger partial charge on any atom is -0.493 e. The number of benzene rings is 1. The first kappa shape index (κ1) is 26.0. The number of H-pyrrole nitrogens is 1. The van der Waals surface area contributed by atoms with Crippen molar-refractivity contribution < 1.29 is 32.5 Å². The average Bonchev–Trinajstić information content (AvgIpc) is 3.64. The molecule has 6 rings (SSSR count). The van der Waals surface area contributed by atoms with Gasteiger partial charge >= 0.3 is 6.18 Å². The molecule has 3 aromatic heterocycles. The van der Waals surface area contributed by atoms with Crippen molar-refractivity contribution >= 4 is 0 Å². The molecular weight excluding hydrogens is 529 g/mol. The summed E-state index contributed by atoms with van der Waals surface area (Å²) in [6, 6.07) is 4.62. The van der Waals surface area contributed by atoms with Crippen LogP contribution in [0.15, 0.2) is 36.9 Å². The van der Waals surface area contributed by atoms with Crippen LogP contribution < -0.4 is 14.2 Å². The molecular formula is C27H25F3N6O4. The van der Waals surface area contributed by atoms with Gasteiger partial charge in [-0.25, -0.2) is 24.9 Å². The van der Waals surface area contributed by atoms with Crippen molar-refractivity contribution in [1.82, 2.24) is 29.9 Å². The van der Waals surface area contributed by atoms with Crippen LogP contribution >= 0.6 is 0 Å². The summed E-state index contributed by atoms with van der Waals surface area (Å²) >= 11 is 0. The van der Waals surface area contributed by atoms with E-state index in [0.29, 0.717) is 16.7 Å². The molecule has 0 amide bonds. The smallest absolute Gasteiger partial charge is 0.432 e. The number of aliphatic hydroxyl groups is 1. The van der Waals surface area contributed by atoms with Crippen molar-refractivity contribution in [3.05, 3.63) is 59.6 Å². The number of alkyl halides is 3. The first-order chi connectivity index (χ1) is 19.1. The Kier molecular flexibility index (Phi) is 6.13. The Hall–Kier alpha value is -4.26. The topological polar surface area (TPSA) is 128 Å². The van der Waals surface area contributed by atoms with Crippen LogP contribution in [0.1, 0.15) is 55.3 Å². The monoisotopic (exact) mass is 554 g/mol. The summed E-state index contributed by atoms with van der Waals surface area (Å²) in [5.41, 5.74) is -0.640. The lowest BCUT2D eigenvalue weighted by Gasteiger charge is -2.29. The number of hydrogen-bond acceptors (Lipinski definition) is 9. The number of fused-ring (bicyclic) bond motifs is 5. The van der Waals surface area contributed by atoms with Gasteiger partial charge in [0.1, 0.15) is 53.2 Å². The van der Waals surface area contributed by atoms with E-state index in [2.05, 4.69) is 24.9 Å². The molecule has 2 atom stereocenters. The van der Waals surface area contributed by atoms with Crippen molar-refractivity contribution in [2.75, 3.05) is 13.7 Å². The number of hydrogen-bond donors (Lipinski definition) is 2. The lowest BCUT2D eigenvalue weighted by Crippen LogP contribution is -2.29. The molecule has 2 N–H and O–H groups in total. The zero-order valence-corrected chi connectivity index (χ0v) is 21.8. The van der Waals surface area contributed by atoms with Crippen LogP contribution in [-0.2, 0) is 11.8 Å². The lowest BCUT2D eigenvalue weighted by atomic mass is 9.89. The summed E-state index contributed by atoms with van der Waals surface area (Å²) in [6.45, 7) is 3.36. The molecule has 40 heavy (non-hydrogen) atoms. The molecule has 208 valence electrons. The Morgan fingerprint density at radius 3 is 2.62 bits per heavy atom. The van der Waals surface area contributed by atoms with Crippen LogP contribution in [0.25, 0.3) is 22.8 Å². The molecule has 2 bridgehead atoms. The van der Waals surface area contributed by atoms with E-state index in [1.54, 1.807) is 19.1 Å². The van der Waals surface area contributed by atoms with Crippen LogP contribution in [0.2, 0.25) is 0 Å². The lowest BCUT2D eigenvalue weighted by molar-refractivity contribution is -0.140. The second-order valence-corrected chi connectivity index (χ2v) is 9.99. The minimum atomic E-state index is -4.57. The fraction of sp³-hybridized carbons (Fsp3) is 0.370. The van der Waals surface area contributed by atoms with Gasteiger partial charge in [-0.3, -0.25) is 0 Å². The molecule has 1 fully saturated rings. The van der Waals surface area contributed by atoms with Gasteiger partial charge in [0, 0.05) is 17.0 Å². The molecule has 4 heterocycles. The molecule has 0 spiro atoms. The van der Waals surface area contributed by atoms with Crippen LogP contribution in [-0.4, -0.2) is 54.8 Å². The molecule has 2 aliphatic rings. The fourth-order valence-electron chi connectivity index (χ4n) is 4.70. The van der Waals surface area contributed by atoms with Gasteiger partial charge in [-0.1, -0.05) is 12.1 Å². The van der Waals surface area contributed by atoms with Gasteiger partial charge in [0.05, 0.1) is 25.2 Å². The maximum Gasteiger partial charge on any atom is 0.432 e. The van der Waals surface area contributed by atoms with E-state index in [-0.39, 0.29) is 47.2 Å². The number of rotatable bonds is 3. The number of methoxy groups -OCH3 is 1. The molecule has 1 aliphatic heterocycles. The molecule has 4 aromatic rings. The fourth-order valence-corrected chi connectivity index (χ4v) is 4.70. The normalized spacial score (nSPS) is 20.7. The molecule has 1 saturated carbocycles. The predicted octanol–water partition coefficient (Wildman–Crippen LogP) is 4.64. The first-order valence-corrected chi connectivity index (χ1v) is 12.6. The maximum absolute atomic E-state index is 13.2. The molecule has 10 nitrogen and oxygen atoms in total. The van der Waals surface area contributed by atoms with Gasteiger partial charge in [-0.2, -0.15) is 13.2 Å². The second-order valence-electron chi connectivity index (χ2n) is 9.99. The Bertz CT molecular complexity index is 1580. The highest BCUT2D eigenvalue weighted by atomic mass is 19.4. The first-order valence-electron chi connectivity index (χ1n) is 12.6. The largest absolute Gasteiger partial charge is 0.493 e. The molecule has 1 unspecified atom stereocenters. The number of imidazole rings is 1. The number of ether oxygens (including phenoxy) is 3. The Morgan fingerprint density at radius 1 is 1.12 bits per heavy atom. The zero-order chi connectivity index (χ0) is 28.2. The standard InChI is InChI=1S/C27H25F3N6O4/c1-13-11-39-17-8-15(23-32-10-19(35-23)27(28,29)30)6-7-16(17)26(2,37)22-18(38-3)9-31-24(36-22)20-21(14-4-5-14)33-12-34-25(20)40-13/h6-10,12-14,37H,4-5,11H2,1-3H3,(H,32,35)/t13-,26?/m0/s1. The Labute approximate surface area is 226 Å². The number of aromatic nitrogens is 6. The van der Waals surface area contributed by atoms with Gasteiger partial charge in [0.25, 0.3) is 0 Å². The molecule has 13 heteroatoms. The van der Waals surface area contributed by atoms with Gasteiger partial charge in [-0.15, -0.1) is 0 Å². The average molecular weight is 555 g/mol. The van der Waals surface area contributed by atoms with Crippen molar-refractivity contribution in [2.45, 2.75) is 50.5 Å². The van der Waals surface area contributed by atoms with Gasteiger partial charge < -0.3 is 24.3 Å². The molecule has 0 saturated heterocycles. The summed E-state index contributed by atoms with van der Waals surface area (Å²) in [6.07, 6.45) is 0.481. The van der Waals surface area contributed by atoms with E-state index < -0.39 is 23.6 Å². The van der Waals surface area contributed by atoms with E-state index in [0.717, 1.165) is 24.7 Å². The molecule has 1 aliphatic carbocycles. The molecule has 0 radical (unpaired) electrons. The van der Waals surface area contributed by atoms with Gasteiger partial charge in [-0.05, 0) is 32.8 Å². The van der Waals surface area contributed by atoms with Gasteiger partial charge in [0.2, 0.25) is 5.88 Å². The van der Waals surface area contributed by atoms with Crippen LogP contribution in [0.3, 0.4) is 0 Å². The zero-order valence-electron chi connectivity index (χ0n) is 21.8. The number of nitrogens with one attached hydrogen (secondary N) is 1. The van der Waals surface area contributed by atoms with Crippen molar-refractivity contribution in [1.29, 1.82) is 0 Å².